The average Bonchev–Trinajstić information content (AvgIpc) is 2.51. The molecule has 0 heterocycles. The van der Waals surface area contributed by atoms with Crippen molar-refractivity contribution in [3.8, 4) is 0 Å². The first-order chi connectivity index (χ1) is 6.79. The van der Waals surface area contributed by atoms with Gasteiger partial charge in [0.25, 0.3) is 0 Å². The van der Waals surface area contributed by atoms with E-state index in [-0.39, 0.29) is 0 Å². The van der Waals surface area contributed by atoms with Crippen molar-refractivity contribution in [2.24, 2.45) is 28.1 Å². The maximum Gasteiger partial charge on any atom is -0.00565 e. The third-order valence-electron chi connectivity index (χ3n) is 6.09. The Morgan fingerprint density at radius 2 is 1.80 bits per heavy atom. The zero-order chi connectivity index (χ0) is 11.1. The average molecular weight is 204 g/mol. The van der Waals surface area contributed by atoms with E-state index in [1.807, 2.05) is 0 Å². The van der Waals surface area contributed by atoms with Crippen LogP contribution in [0.1, 0.15) is 53.9 Å². The quantitative estimate of drug-likeness (QED) is 0.513. The summed E-state index contributed by atoms with van der Waals surface area (Å²) in [6, 6.07) is 0. The van der Waals surface area contributed by atoms with Crippen LogP contribution in [0.25, 0.3) is 0 Å². The van der Waals surface area contributed by atoms with Crippen molar-refractivity contribution >= 4 is 0 Å². The van der Waals surface area contributed by atoms with E-state index in [9.17, 15) is 0 Å². The molecule has 3 aliphatic rings. The standard InChI is InChI=1S/C15H24/c1-10-6-11-7-13(2,3)8-12(11)15(5)9-14(10,15)4/h6,11-12H,7-9H2,1-5H3/t11-,12+,14+,15-/m1/s1. The van der Waals surface area contributed by atoms with Gasteiger partial charge in [-0.2, -0.15) is 0 Å². The van der Waals surface area contributed by atoms with Crippen molar-refractivity contribution in [2.75, 3.05) is 0 Å². The first-order valence-corrected chi connectivity index (χ1v) is 6.47. The Bertz CT molecular complexity index is 349. The van der Waals surface area contributed by atoms with Gasteiger partial charge in [0, 0.05) is 0 Å². The first kappa shape index (κ1) is 9.93. The Balaban J connectivity index is 2.02. The van der Waals surface area contributed by atoms with E-state index in [0.29, 0.717) is 16.2 Å². The van der Waals surface area contributed by atoms with E-state index < -0.39 is 0 Å². The Morgan fingerprint density at radius 3 is 2.47 bits per heavy atom. The molecule has 0 aliphatic heterocycles. The lowest BCUT2D eigenvalue weighted by atomic mass is 9.70. The molecule has 0 nitrogen and oxygen atoms in total. The summed E-state index contributed by atoms with van der Waals surface area (Å²) in [6.45, 7) is 12.3. The van der Waals surface area contributed by atoms with E-state index in [4.69, 9.17) is 0 Å². The van der Waals surface area contributed by atoms with Crippen molar-refractivity contribution in [2.45, 2.75) is 53.9 Å². The summed E-state index contributed by atoms with van der Waals surface area (Å²) in [6.07, 6.45) is 6.93. The van der Waals surface area contributed by atoms with Gasteiger partial charge in [-0.25, -0.2) is 0 Å². The van der Waals surface area contributed by atoms with Gasteiger partial charge in [-0.3, -0.25) is 0 Å². The minimum Gasteiger partial charge on any atom is -0.0816 e. The Hall–Kier alpha value is -0.260. The highest BCUT2D eigenvalue weighted by atomic mass is 14.7. The summed E-state index contributed by atoms with van der Waals surface area (Å²) in [5.41, 5.74) is 3.48. The Labute approximate surface area is 94.1 Å². The Kier molecular flexibility index (Phi) is 1.56. The number of allylic oxidation sites excluding steroid dienone is 2. The van der Waals surface area contributed by atoms with Crippen molar-refractivity contribution in [3.05, 3.63) is 11.6 Å². The highest BCUT2D eigenvalue weighted by Crippen LogP contribution is 2.77. The highest BCUT2D eigenvalue weighted by Gasteiger charge is 2.69. The second-order valence-electron chi connectivity index (χ2n) is 7.62. The molecule has 0 aromatic carbocycles. The summed E-state index contributed by atoms with van der Waals surface area (Å²) in [5, 5.41) is 0. The molecule has 0 bridgehead atoms. The van der Waals surface area contributed by atoms with Crippen molar-refractivity contribution in [3.63, 3.8) is 0 Å². The minimum atomic E-state index is 0.564. The summed E-state index contributed by atoms with van der Waals surface area (Å²) in [5.74, 6) is 1.86. The van der Waals surface area contributed by atoms with Crippen molar-refractivity contribution in [1.29, 1.82) is 0 Å². The van der Waals surface area contributed by atoms with Crippen LogP contribution in [0.2, 0.25) is 0 Å². The van der Waals surface area contributed by atoms with Crippen LogP contribution < -0.4 is 0 Å². The lowest BCUT2D eigenvalue weighted by Crippen LogP contribution is -2.27. The molecule has 0 N–H and O–H groups in total. The summed E-state index contributed by atoms with van der Waals surface area (Å²) < 4.78 is 0. The maximum absolute atomic E-state index is 2.62. The fourth-order valence-corrected chi connectivity index (χ4v) is 4.81. The van der Waals surface area contributed by atoms with Gasteiger partial charge in [0.2, 0.25) is 0 Å². The minimum absolute atomic E-state index is 0.564. The molecule has 0 amide bonds. The largest absolute Gasteiger partial charge is 0.0816 e. The van der Waals surface area contributed by atoms with Gasteiger partial charge in [0.05, 0.1) is 0 Å². The lowest BCUT2D eigenvalue weighted by molar-refractivity contribution is 0.217. The molecular weight excluding hydrogens is 180 g/mol. The fraction of sp³-hybridized carbons (Fsp3) is 0.867. The monoisotopic (exact) mass is 204 g/mol. The van der Waals surface area contributed by atoms with E-state index in [0.717, 1.165) is 11.8 Å². The second-order valence-corrected chi connectivity index (χ2v) is 7.62. The van der Waals surface area contributed by atoms with Crippen LogP contribution in [-0.4, -0.2) is 0 Å². The second kappa shape index (κ2) is 2.36. The van der Waals surface area contributed by atoms with Gasteiger partial charge < -0.3 is 0 Å². The van der Waals surface area contributed by atoms with Gasteiger partial charge in [0.1, 0.15) is 0 Å². The first-order valence-electron chi connectivity index (χ1n) is 6.47. The zero-order valence-electron chi connectivity index (χ0n) is 10.9. The number of hydrogen-bond acceptors (Lipinski definition) is 0. The molecule has 0 unspecified atom stereocenters. The third kappa shape index (κ3) is 1.04. The summed E-state index contributed by atoms with van der Waals surface area (Å²) >= 11 is 0. The number of rotatable bonds is 0. The van der Waals surface area contributed by atoms with Gasteiger partial charge >= 0.3 is 0 Å². The predicted octanol–water partition coefficient (Wildman–Crippen LogP) is 4.42. The third-order valence-corrected chi connectivity index (χ3v) is 6.09. The summed E-state index contributed by atoms with van der Waals surface area (Å²) in [7, 11) is 0. The SMILES string of the molecule is CC1=C[C@@H]2CC(C)(C)C[C@@H]2[C@@]2(C)C[C@@]12C. The molecular formula is C15H24. The van der Waals surface area contributed by atoms with Crippen LogP contribution in [0, 0.1) is 28.1 Å². The predicted molar refractivity (Wildman–Crippen MR) is 64.6 cm³/mol. The molecule has 0 saturated heterocycles. The van der Waals surface area contributed by atoms with Crippen LogP contribution in [0.15, 0.2) is 11.6 Å². The molecule has 15 heavy (non-hydrogen) atoms. The van der Waals surface area contributed by atoms with Crippen LogP contribution in [0.3, 0.4) is 0 Å². The maximum atomic E-state index is 2.62. The number of fused-ring (bicyclic) bond motifs is 3. The van der Waals surface area contributed by atoms with E-state index in [1.54, 1.807) is 5.57 Å². The number of hydrogen-bond donors (Lipinski definition) is 0. The van der Waals surface area contributed by atoms with Gasteiger partial charge in [-0.15, -0.1) is 0 Å². The van der Waals surface area contributed by atoms with Crippen LogP contribution >= 0.6 is 0 Å². The van der Waals surface area contributed by atoms with Gasteiger partial charge in [-0.05, 0) is 54.3 Å². The molecule has 2 fully saturated rings. The Morgan fingerprint density at radius 1 is 1.13 bits per heavy atom. The van der Waals surface area contributed by atoms with E-state index >= 15 is 0 Å². The van der Waals surface area contributed by atoms with E-state index in [1.165, 1.54) is 19.3 Å². The topological polar surface area (TPSA) is 0 Å². The molecule has 0 aromatic heterocycles. The van der Waals surface area contributed by atoms with Crippen LogP contribution in [0.4, 0.5) is 0 Å². The lowest BCUT2D eigenvalue weighted by Gasteiger charge is -2.34. The van der Waals surface area contributed by atoms with Crippen molar-refractivity contribution in [1.82, 2.24) is 0 Å². The molecule has 0 aromatic rings. The van der Waals surface area contributed by atoms with Gasteiger partial charge in [0.15, 0.2) is 0 Å². The molecule has 2 saturated carbocycles. The normalized spacial score (nSPS) is 55.7. The molecule has 3 aliphatic carbocycles. The summed E-state index contributed by atoms with van der Waals surface area (Å²) in [4.78, 5) is 0. The van der Waals surface area contributed by atoms with Gasteiger partial charge in [-0.1, -0.05) is 39.3 Å². The van der Waals surface area contributed by atoms with Crippen LogP contribution in [0.5, 0.6) is 0 Å². The zero-order valence-corrected chi connectivity index (χ0v) is 10.9. The highest BCUT2D eigenvalue weighted by molar-refractivity contribution is 5.35. The fourth-order valence-electron chi connectivity index (χ4n) is 4.81. The molecule has 84 valence electrons. The van der Waals surface area contributed by atoms with E-state index in [2.05, 4.69) is 40.7 Å². The molecule has 4 atom stereocenters. The molecule has 0 spiro atoms. The molecule has 0 heteroatoms. The van der Waals surface area contributed by atoms with Crippen molar-refractivity contribution < 1.29 is 0 Å². The van der Waals surface area contributed by atoms with Crippen LogP contribution in [-0.2, 0) is 0 Å². The molecule has 0 radical (unpaired) electrons. The smallest absolute Gasteiger partial charge is 0.00565 e. The molecule has 3 rings (SSSR count).